The fourth-order valence-electron chi connectivity index (χ4n) is 2.83. The van der Waals surface area contributed by atoms with E-state index in [1.165, 1.54) is 12.8 Å². The van der Waals surface area contributed by atoms with Crippen LogP contribution in [0, 0.1) is 10.1 Å². The highest BCUT2D eigenvalue weighted by molar-refractivity contribution is 5.72. The number of nitrogens with zero attached hydrogens (tertiary/aromatic N) is 3. The van der Waals surface area contributed by atoms with Crippen LogP contribution in [0.2, 0.25) is 0 Å². The topological polar surface area (TPSA) is 75.1 Å². The van der Waals surface area contributed by atoms with Gasteiger partial charge < -0.3 is 4.90 Å². The van der Waals surface area contributed by atoms with Gasteiger partial charge in [-0.05, 0) is 25.0 Å². The summed E-state index contributed by atoms with van der Waals surface area (Å²) in [6.07, 6.45) is 6.25. The number of nitro benzene ring substituents is 1. The van der Waals surface area contributed by atoms with E-state index >= 15 is 0 Å². The Hall–Kier alpha value is -2.37. The summed E-state index contributed by atoms with van der Waals surface area (Å²) in [6.45, 7) is 1.79. The van der Waals surface area contributed by atoms with Crippen LogP contribution in [0.15, 0.2) is 30.5 Å². The summed E-state index contributed by atoms with van der Waals surface area (Å²) in [7, 11) is 0. The van der Waals surface area contributed by atoms with Gasteiger partial charge in [-0.2, -0.15) is 5.10 Å². The first kappa shape index (κ1) is 13.6. The molecule has 1 aromatic carbocycles. The van der Waals surface area contributed by atoms with E-state index in [4.69, 9.17) is 0 Å². The molecule has 0 unspecified atom stereocenters. The number of hydrogen-bond acceptors (Lipinski definition) is 4. The van der Waals surface area contributed by atoms with Crippen LogP contribution in [0.5, 0.6) is 0 Å². The fraction of sp³-hybridized carbons (Fsp3) is 0.400. The zero-order valence-electron chi connectivity index (χ0n) is 11.8. The van der Waals surface area contributed by atoms with Gasteiger partial charge in [-0.3, -0.25) is 15.2 Å². The van der Waals surface area contributed by atoms with Crippen molar-refractivity contribution >= 4 is 11.4 Å². The monoisotopic (exact) mass is 286 g/mol. The number of aromatic nitrogens is 2. The Morgan fingerprint density at radius 2 is 1.90 bits per heavy atom. The molecule has 1 saturated heterocycles. The zero-order chi connectivity index (χ0) is 14.7. The molecule has 1 N–H and O–H groups in total. The Bertz CT molecular complexity index is 617. The van der Waals surface area contributed by atoms with Crippen LogP contribution >= 0.6 is 0 Å². The van der Waals surface area contributed by atoms with Gasteiger partial charge in [0.05, 0.1) is 10.6 Å². The SMILES string of the molecule is O=[N+]([O-])c1cc(-c2ccn[nH]2)ccc1N1CCCCCC1. The lowest BCUT2D eigenvalue weighted by molar-refractivity contribution is -0.384. The zero-order valence-corrected chi connectivity index (χ0v) is 11.8. The highest BCUT2D eigenvalue weighted by Crippen LogP contribution is 2.33. The first-order chi connectivity index (χ1) is 10.3. The molecule has 1 fully saturated rings. The van der Waals surface area contributed by atoms with Crippen LogP contribution in [0.3, 0.4) is 0 Å². The van der Waals surface area contributed by atoms with Gasteiger partial charge in [0.2, 0.25) is 0 Å². The van der Waals surface area contributed by atoms with Gasteiger partial charge in [0.1, 0.15) is 5.69 Å². The Balaban J connectivity index is 1.98. The highest BCUT2D eigenvalue weighted by Gasteiger charge is 2.21. The Labute approximate surface area is 122 Å². The van der Waals surface area contributed by atoms with Gasteiger partial charge in [-0.1, -0.05) is 18.9 Å². The maximum Gasteiger partial charge on any atom is 0.293 e. The quantitative estimate of drug-likeness (QED) is 0.693. The van der Waals surface area contributed by atoms with Crippen LogP contribution in [-0.2, 0) is 0 Å². The van der Waals surface area contributed by atoms with Gasteiger partial charge in [-0.15, -0.1) is 0 Å². The first-order valence-electron chi connectivity index (χ1n) is 7.29. The van der Waals surface area contributed by atoms with E-state index in [0.29, 0.717) is 0 Å². The first-order valence-corrected chi connectivity index (χ1v) is 7.29. The van der Waals surface area contributed by atoms with Gasteiger partial charge >= 0.3 is 0 Å². The molecular weight excluding hydrogens is 268 g/mol. The van der Waals surface area contributed by atoms with Crippen LogP contribution in [-0.4, -0.2) is 28.2 Å². The summed E-state index contributed by atoms with van der Waals surface area (Å²) < 4.78 is 0. The smallest absolute Gasteiger partial charge is 0.293 e. The predicted molar refractivity (Wildman–Crippen MR) is 81.4 cm³/mol. The van der Waals surface area contributed by atoms with Crippen LogP contribution < -0.4 is 4.90 Å². The maximum absolute atomic E-state index is 11.4. The van der Waals surface area contributed by atoms with Crippen LogP contribution in [0.4, 0.5) is 11.4 Å². The van der Waals surface area contributed by atoms with Gasteiger partial charge in [-0.25, -0.2) is 0 Å². The third kappa shape index (κ3) is 2.89. The molecule has 0 radical (unpaired) electrons. The lowest BCUT2D eigenvalue weighted by Crippen LogP contribution is -2.24. The second-order valence-corrected chi connectivity index (χ2v) is 5.33. The average Bonchev–Trinajstić information content (AvgIpc) is 2.89. The lowest BCUT2D eigenvalue weighted by Gasteiger charge is -2.22. The van der Waals surface area contributed by atoms with Crippen molar-refractivity contribution in [3.63, 3.8) is 0 Å². The molecule has 2 heterocycles. The van der Waals surface area contributed by atoms with E-state index in [0.717, 1.165) is 42.9 Å². The van der Waals surface area contributed by atoms with Crippen molar-refractivity contribution in [1.29, 1.82) is 0 Å². The Morgan fingerprint density at radius 3 is 2.52 bits per heavy atom. The second kappa shape index (κ2) is 5.95. The molecule has 0 bridgehead atoms. The standard InChI is InChI=1S/C15H18N4O2/c20-19(21)15-11-12(13-7-8-16-17-13)5-6-14(15)18-9-3-1-2-4-10-18/h5-8,11H,1-4,9-10H2,(H,16,17). The minimum atomic E-state index is -0.292. The number of benzene rings is 1. The van der Waals surface area contributed by atoms with Crippen molar-refractivity contribution in [2.75, 3.05) is 18.0 Å². The lowest BCUT2D eigenvalue weighted by atomic mass is 10.1. The number of rotatable bonds is 3. The maximum atomic E-state index is 11.4. The van der Waals surface area contributed by atoms with E-state index in [2.05, 4.69) is 15.1 Å². The predicted octanol–water partition coefficient (Wildman–Crippen LogP) is 3.37. The number of nitrogens with one attached hydrogen (secondary N) is 1. The molecule has 2 aromatic rings. The third-order valence-electron chi connectivity index (χ3n) is 3.93. The highest BCUT2D eigenvalue weighted by atomic mass is 16.6. The molecule has 1 aliphatic heterocycles. The van der Waals surface area contributed by atoms with E-state index in [-0.39, 0.29) is 10.6 Å². The van der Waals surface area contributed by atoms with Crippen molar-refractivity contribution in [2.45, 2.75) is 25.7 Å². The minimum Gasteiger partial charge on any atom is -0.366 e. The van der Waals surface area contributed by atoms with Crippen molar-refractivity contribution in [2.24, 2.45) is 0 Å². The summed E-state index contributed by atoms with van der Waals surface area (Å²) >= 11 is 0. The van der Waals surface area contributed by atoms with E-state index < -0.39 is 0 Å². The summed E-state index contributed by atoms with van der Waals surface area (Å²) in [5.41, 5.74) is 2.48. The van der Waals surface area contributed by atoms with Crippen molar-refractivity contribution in [3.05, 3.63) is 40.6 Å². The number of H-pyrrole nitrogens is 1. The molecule has 21 heavy (non-hydrogen) atoms. The summed E-state index contributed by atoms with van der Waals surface area (Å²) in [4.78, 5) is 13.3. The van der Waals surface area contributed by atoms with E-state index in [9.17, 15) is 10.1 Å². The molecule has 6 nitrogen and oxygen atoms in total. The van der Waals surface area contributed by atoms with Gasteiger partial charge in [0, 0.05) is 30.9 Å². The van der Waals surface area contributed by atoms with E-state index in [1.54, 1.807) is 12.3 Å². The minimum absolute atomic E-state index is 0.170. The molecule has 1 aromatic heterocycles. The van der Waals surface area contributed by atoms with Crippen molar-refractivity contribution in [3.8, 4) is 11.3 Å². The molecule has 0 atom stereocenters. The number of nitro groups is 1. The summed E-state index contributed by atoms with van der Waals surface area (Å²) in [6, 6.07) is 7.22. The molecule has 6 heteroatoms. The molecule has 0 spiro atoms. The molecule has 0 saturated carbocycles. The molecule has 3 rings (SSSR count). The number of hydrogen-bond donors (Lipinski definition) is 1. The summed E-state index contributed by atoms with van der Waals surface area (Å²) in [5.74, 6) is 0. The Morgan fingerprint density at radius 1 is 1.14 bits per heavy atom. The number of aromatic amines is 1. The molecule has 110 valence electrons. The molecule has 1 aliphatic rings. The molecule has 0 amide bonds. The average molecular weight is 286 g/mol. The second-order valence-electron chi connectivity index (χ2n) is 5.33. The van der Waals surface area contributed by atoms with Gasteiger partial charge in [0.25, 0.3) is 5.69 Å². The molecule has 0 aliphatic carbocycles. The van der Waals surface area contributed by atoms with Gasteiger partial charge in [0.15, 0.2) is 0 Å². The van der Waals surface area contributed by atoms with Crippen LogP contribution in [0.25, 0.3) is 11.3 Å². The normalized spacial score (nSPS) is 15.7. The fourth-order valence-corrected chi connectivity index (χ4v) is 2.83. The van der Waals surface area contributed by atoms with Crippen molar-refractivity contribution in [1.82, 2.24) is 10.2 Å². The Kier molecular flexibility index (Phi) is 3.85. The third-order valence-corrected chi connectivity index (χ3v) is 3.93. The van der Waals surface area contributed by atoms with E-state index in [1.807, 2.05) is 18.2 Å². The van der Waals surface area contributed by atoms with Crippen LogP contribution in [0.1, 0.15) is 25.7 Å². The summed E-state index contributed by atoms with van der Waals surface area (Å²) in [5, 5.41) is 18.2. The largest absolute Gasteiger partial charge is 0.366 e. The molecular formula is C15H18N4O2. The van der Waals surface area contributed by atoms with Crippen molar-refractivity contribution < 1.29 is 4.92 Å². The number of anilines is 1.